The van der Waals surface area contributed by atoms with E-state index in [0.29, 0.717) is 16.3 Å². The summed E-state index contributed by atoms with van der Waals surface area (Å²) in [5.41, 5.74) is 2.05. The number of benzene rings is 2. The Labute approximate surface area is 206 Å². The van der Waals surface area contributed by atoms with E-state index in [-0.39, 0.29) is 13.1 Å². The Balaban J connectivity index is 2.39. The van der Waals surface area contributed by atoms with Crippen LogP contribution in [0.2, 0.25) is 5.02 Å². The molecule has 0 aromatic heterocycles. The maximum absolute atomic E-state index is 13.6. The molecule has 0 fully saturated rings. The second kappa shape index (κ2) is 11.7. The molecule has 0 radical (unpaired) electrons. The molecule has 1 unspecified atom stereocenters. The predicted octanol–water partition coefficient (Wildman–Crippen LogP) is 5.18. The maximum atomic E-state index is 13.6. The lowest BCUT2D eigenvalue weighted by Gasteiger charge is -2.32. The highest BCUT2D eigenvalue weighted by molar-refractivity contribution is 6.34. The lowest BCUT2D eigenvalue weighted by atomic mass is 9.98. The summed E-state index contributed by atoms with van der Waals surface area (Å²) in [7, 11) is 0. The zero-order valence-electron chi connectivity index (χ0n) is 20.3. The van der Waals surface area contributed by atoms with E-state index in [1.165, 1.54) is 11.0 Å². The van der Waals surface area contributed by atoms with Gasteiger partial charge in [-0.15, -0.1) is 6.58 Å². The van der Waals surface area contributed by atoms with Gasteiger partial charge in [0.1, 0.15) is 18.2 Å². The van der Waals surface area contributed by atoms with Crippen molar-refractivity contribution in [1.82, 2.24) is 10.2 Å². The Morgan fingerprint density at radius 2 is 1.74 bits per heavy atom. The molecular formula is C26H32ClN3O4. The lowest BCUT2D eigenvalue weighted by molar-refractivity contribution is -0.137. The summed E-state index contributed by atoms with van der Waals surface area (Å²) < 4.78 is 5.21. The number of anilines is 1. The van der Waals surface area contributed by atoms with Crippen molar-refractivity contribution in [2.24, 2.45) is 0 Å². The van der Waals surface area contributed by atoms with Crippen molar-refractivity contribution >= 4 is 35.2 Å². The summed E-state index contributed by atoms with van der Waals surface area (Å²) in [6, 6.07) is 11.7. The summed E-state index contributed by atoms with van der Waals surface area (Å²) in [5.74, 6) is -0.900. The quantitative estimate of drug-likeness (QED) is 0.504. The normalized spacial score (nSPS) is 11.8. The van der Waals surface area contributed by atoms with Gasteiger partial charge < -0.3 is 20.3 Å². The van der Waals surface area contributed by atoms with E-state index < -0.39 is 29.6 Å². The fraction of sp³-hybridized carbons (Fsp3) is 0.346. The van der Waals surface area contributed by atoms with Gasteiger partial charge in [0.25, 0.3) is 5.91 Å². The Bertz CT molecular complexity index is 1040. The number of hydrogen-bond acceptors (Lipinski definition) is 4. The molecule has 0 spiro atoms. The van der Waals surface area contributed by atoms with Crippen LogP contribution in [0.15, 0.2) is 55.1 Å². The average molecular weight is 486 g/mol. The molecule has 2 aromatic rings. The second-order valence-corrected chi connectivity index (χ2v) is 9.28. The topological polar surface area (TPSA) is 87.7 Å². The van der Waals surface area contributed by atoms with E-state index in [9.17, 15) is 14.4 Å². The number of rotatable bonds is 8. The highest BCUT2D eigenvalue weighted by Gasteiger charge is 2.32. The first-order valence-corrected chi connectivity index (χ1v) is 11.3. The number of carbonyl (C=O) groups excluding carboxylic acids is 3. The van der Waals surface area contributed by atoms with Crippen LogP contribution in [0.1, 0.15) is 43.5 Å². The van der Waals surface area contributed by atoms with Crippen LogP contribution in [-0.2, 0) is 14.3 Å². The van der Waals surface area contributed by atoms with E-state index in [0.717, 1.165) is 11.1 Å². The van der Waals surface area contributed by atoms with Crippen molar-refractivity contribution in [3.8, 4) is 0 Å². The van der Waals surface area contributed by atoms with Crippen LogP contribution in [0.5, 0.6) is 0 Å². The zero-order chi connectivity index (χ0) is 25.5. The van der Waals surface area contributed by atoms with Gasteiger partial charge in [-0.1, -0.05) is 54.1 Å². The number of halogens is 1. The Morgan fingerprint density at radius 1 is 1.09 bits per heavy atom. The van der Waals surface area contributed by atoms with E-state index in [1.54, 1.807) is 45.0 Å². The fourth-order valence-corrected chi connectivity index (χ4v) is 3.65. The van der Waals surface area contributed by atoms with Gasteiger partial charge in [0.05, 0.1) is 10.7 Å². The van der Waals surface area contributed by atoms with Gasteiger partial charge in [-0.05, 0) is 57.4 Å². The molecule has 0 aliphatic heterocycles. The highest BCUT2D eigenvalue weighted by Crippen LogP contribution is 2.30. The average Bonchev–Trinajstić information content (AvgIpc) is 2.74. The first-order chi connectivity index (χ1) is 15.9. The third kappa shape index (κ3) is 7.35. The van der Waals surface area contributed by atoms with Gasteiger partial charge in [0.2, 0.25) is 5.91 Å². The lowest BCUT2D eigenvalue weighted by Crippen LogP contribution is -2.46. The SMILES string of the molecule is C=CCN(C(=O)CNC(=O)OC(C)(C)C)C(C(=O)Nc1c(C)cccc1Cl)c1ccccc1C. The van der Waals surface area contributed by atoms with Crippen LogP contribution in [0.4, 0.5) is 10.5 Å². The van der Waals surface area contributed by atoms with Gasteiger partial charge in [-0.25, -0.2) is 4.79 Å². The largest absolute Gasteiger partial charge is 0.444 e. The summed E-state index contributed by atoms with van der Waals surface area (Å²) in [6.07, 6.45) is 0.813. The number of para-hydroxylation sites is 1. The number of ether oxygens (including phenoxy) is 1. The summed E-state index contributed by atoms with van der Waals surface area (Å²) in [6.45, 7) is 12.4. The monoisotopic (exact) mass is 485 g/mol. The molecule has 2 N–H and O–H groups in total. The van der Waals surface area contributed by atoms with Gasteiger partial charge >= 0.3 is 6.09 Å². The number of alkyl carbamates (subject to hydrolysis) is 1. The minimum absolute atomic E-state index is 0.0861. The fourth-order valence-electron chi connectivity index (χ4n) is 3.38. The zero-order valence-corrected chi connectivity index (χ0v) is 21.0. The van der Waals surface area contributed by atoms with Crippen LogP contribution < -0.4 is 10.6 Å². The van der Waals surface area contributed by atoms with Crippen molar-refractivity contribution in [1.29, 1.82) is 0 Å². The van der Waals surface area contributed by atoms with Crippen LogP contribution in [0.3, 0.4) is 0 Å². The van der Waals surface area contributed by atoms with Gasteiger partial charge in [0.15, 0.2) is 0 Å². The van der Waals surface area contributed by atoms with E-state index in [4.69, 9.17) is 16.3 Å². The Morgan fingerprint density at radius 3 is 2.32 bits per heavy atom. The van der Waals surface area contributed by atoms with Gasteiger partial charge in [-0.3, -0.25) is 9.59 Å². The second-order valence-electron chi connectivity index (χ2n) is 8.87. The number of nitrogens with one attached hydrogen (secondary N) is 2. The highest BCUT2D eigenvalue weighted by atomic mass is 35.5. The third-order valence-corrected chi connectivity index (χ3v) is 5.26. The van der Waals surface area contributed by atoms with Gasteiger partial charge in [-0.2, -0.15) is 0 Å². The first kappa shape index (κ1) is 26.9. The first-order valence-electron chi connectivity index (χ1n) is 10.9. The molecule has 2 rings (SSSR count). The van der Waals surface area contributed by atoms with E-state index >= 15 is 0 Å². The molecule has 0 heterocycles. The van der Waals surface area contributed by atoms with Crippen molar-refractivity contribution < 1.29 is 19.1 Å². The van der Waals surface area contributed by atoms with E-state index in [1.807, 2.05) is 32.0 Å². The molecule has 1 atom stereocenters. The van der Waals surface area contributed by atoms with Crippen LogP contribution in [0.25, 0.3) is 0 Å². The molecule has 8 heteroatoms. The molecule has 2 aromatic carbocycles. The molecule has 182 valence electrons. The molecule has 0 saturated heterocycles. The summed E-state index contributed by atoms with van der Waals surface area (Å²) in [5, 5.41) is 5.74. The minimum atomic E-state index is -0.984. The number of carbonyl (C=O) groups is 3. The molecule has 3 amide bonds. The molecule has 0 bridgehead atoms. The van der Waals surface area contributed by atoms with Crippen LogP contribution >= 0.6 is 11.6 Å². The molecule has 0 saturated carbocycles. The molecule has 7 nitrogen and oxygen atoms in total. The third-order valence-electron chi connectivity index (χ3n) is 4.94. The predicted molar refractivity (Wildman–Crippen MR) is 135 cm³/mol. The minimum Gasteiger partial charge on any atom is -0.444 e. The Kier molecular flexibility index (Phi) is 9.27. The van der Waals surface area contributed by atoms with Crippen molar-refractivity contribution in [2.45, 2.75) is 46.3 Å². The van der Waals surface area contributed by atoms with Crippen molar-refractivity contribution in [2.75, 3.05) is 18.4 Å². The molecule has 0 aliphatic rings. The van der Waals surface area contributed by atoms with Crippen LogP contribution in [-0.4, -0.2) is 41.5 Å². The smallest absolute Gasteiger partial charge is 0.408 e. The summed E-state index contributed by atoms with van der Waals surface area (Å²) >= 11 is 6.32. The molecule has 34 heavy (non-hydrogen) atoms. The number of aryl methyl sites for hydroxylation is 2. The standard InChI is InChI=1S/C26H32ClN3O4/c1-7-15-30(21(31)16-28-25(33)34-26(4,5)6)23(19-13-9-8-11-17(19)2)24(32)29-22-18(3)12-10-14-20(22)27/h7-14,23H,1,15-16H2,2-6H3,(H,28,33)(H,29,32). The number of hydrogen-bond donors (Lipinski definition) is 2. The molecular weight excluding hydrogens is 454 g/mol. The Hall–Kier alpha value is -3.32. The number of amides is 3. The van der Waals surface area contributed by atoms with Gasteiger partial charge in [0, 0.05) is 6.54 Å². The van der Waals surface area contributed by atoms with Crippen LogP contribution in [0, 0.1) is 13.8 Å². The molecule has 0 aliphatic carbocycles. The van der Waals surface area contributed by atoms with Crippen molar-refractivity contribution in [3.05, 3.63) is 76.8 Å². The summed E-state index contributed by atoms with van der Waals surface area (Å²) in [4.78, 5) is 40.3. The maximum Gasteiger partial charge on any atom is 0.408 e. The van der Waals surface area contributed by atoms with E-state index in [2.05, 4.69) is 17.2 Å². The number of nitrogens with zero attached hydrogens (tertiary/aromatic N) is 1. The van der Waals surface area contributed by atoms with Crippen molar-refractivity contribution in [3.63, 3.8) is 0 Å².